The fourth-order valence-corrected chi connectivity index (χ4v) is 1.61. The molecule has 0 radical (unpaired) electrons. The standard InChI is InChI=1S/C13H24N4O/c1-4-7-14-13-15-9-10(2)12(17-13)16-11(3)6-5-8-18/h9,11,18H,4-8H2,1-3H3,(H2,14,15,16,17). The van der Waals surface area contributed by atoms with Gasteiger partial charge in [0.05, 0.1) is 0 Å². The summed E-state index contributed by atoms with van der Waals surface area (Å²) in [4.78, 5) is 8.71. The molecule has 3 N–H and O–H groups in total. The Bertz CT molecular complexity index is 357. The Morgan fingerprint density at radius 3 is 2.89 bits per heavy atom. The molecule has 0 bridgehead atoms. The third kappa shape index (κ3) is 4.87. The van der Waals surface area contributed by atoms with Crippen LogP contribution in [-0.4, -0.2) is 34.3 Å². The van der Waals surface area contributed by atoms with E-state index in [1.807, 2.05) is 13.1 Å². The first-order valence-corrected chi connectivity index (χ1v) is 6.62. The predicted molar refractivity (Wildman–Crippen MR) is 75.0 cm³/mol. The van der Waals surface area contributed by atoms with Crippen LogP contribution in [0, 0.1) is 6.92 Å². The molecule has 5 nitrogen and oxygen atoms in total. The minimum Gasteiger partial charge on any atom is -0.396 e. The lowest BCUT2D eigenvalue weighted by atomic mass is 10.2. The van der Waals surface area contributed by atoms with E-state index in [9.17, 15) is 0 Å². The molecular weight excluding hydrogens is 228 g/mol. The van der Waals surface area contributed by atoms with Crippen LogP contribution >= 0.6 is 0 Å². The van der Waals surface area contributed by atoms with Crippen molar-refractivity contribution in [2.24, 2.45) is 0 Å². The van der Waals surface area contributed by atoms with Crippen molar-refractivity contribution >= 4 is 11.8 Å². The molecule has 18 heavy (non-hydrogen) atoms. The maximum absolute atomic E-state index is 8.81. The van der Waals surface area contributed by atoms with Gasteiger partial charge in [0, 0.05) is 31.0 Å². The molecule has 0 saturated heterocycles. The first-order chi connectivity index (χ1) is 8.67. The summed E-state index contributed by atoms with van der Waals surface area (Å²) >= 11 is 0. The summed E-state index contributed by atoms with van der Waals surface area (Å²) in [6.45, 7) is 7.30. The lowest BCUT2D eigenvalue weighted by molar-refractivity contribution is 0.282. The highest BCUT2D eigenvalue weighted by molar-refractivity contribution is 5.46. The third-order valence-electron chi connectivity index (χ3n) is 2.68. The van der Waals surface area contributed by atoms with Crippen LogP contribution in [0.15, 0.2) is 6.20 Å². The first kappa shape index (κ1) is 14.7. The Morgan fingerprint density at radius 2 is 2.22 bits per heavy atom. The second-order valence-electron chi connectivity index (χ2n) is 4.56. The number of hydrogen-bond acceptors (Lipinski definition) is 5. The molecule has 1 rings (SSSR count). The number of aliphatic hydroxyl groups excluding tert-OH is 1. The maximum atomic E-state index is 8.81. The highest BCUT2D eigenvalue weighted by Gasteiger charge is 2.07. The van der Waals surface area contributed by atoms with E-state index in [1.165, 1.54) is 0 Å². The molecule has 0 aliphatic heterocycles. The van der Waals surface area contributed by atoms with Gasteiger partial charge in [-0.25, -0.2) is 4.98 Å². The summed E-state index contributed by atoms with van der Waals surface area (Å²) in [6.07, 6.45) is 4.61. The van der Waals surface area contributed by atoms with Crippen LogP contribution in [0.1, 0.15) is 38.7 Å². The normalized spacial score (nSPS) is 12.2. The Hall–Kier alpha value is -1.36. The van der Waals surface area contributed by atoms with Gasteiger partial charge in [-0.1, -0.05) is 6.92 Å². The second-order valence-corrected chi connectivity index (χ2v) is 4.56. The Kier molecular flexibility index (Phi) is 6.43. The molecular formula is C13H24N4O. The molecule has 0 aliphatic rings. The van der Waals surface area contributed by atoms with Crippen molar-refractivity contribution in [3.05, 3.63) is 11.8 Å². The molecule has 0 saturated carbocycles. The lowest BCUT2D eigenvalue weighted by Crippen LogP contribution is -2.18. The molecule has 1 atom stereocenters. The number of aliphatic hydroxyl groups is 1. The van der Waals surface area contributed by atoms with Crippen molar-refractivity contribution < 1.29 is 5.11 Å². The minimum absolute atomic E-state index is 0.234. The number of anilines is 2. The largest absolute Gasteiger partial charge is 0.396 e. The van der Waals surface area contributed by atoms with Gasteiger partial charge in [-0.2, -0.15) is 4.98 Å². The van der Waals surface area contributed by atoms with Crippen molar-refractivity contribution in [2.75, 3.05) is 23.8 Å². The van der Waals surface area contributed by atoms with Crippen molar-refractivity contribution in [3.8, 4) is 0 Å². The Labute approximate surface area is 109 Å². The van der Waals surface area contributed by atoms with E-state index in [1.54, 1.807) is 0 Å². The smallest absolute Gasteiger partial charge is 0.224 e. The molecule has 0 amide bonds. The van der Waals surface area contributed by atoms with Crippen molar-refractivity contribution in [3.63, 3.8) is 0 Å². The molecule has 1 aromatic rings. The summed E-state index contributed by atoms with van der Waals surface area (Å²) in [5.74, 6) is 1.54. The minimum atomic E-state index is 0.234. The number of nitrogens with one attached hydrogen (secondary N) is 2. The molecule has 0 aromatic carbocycles. The number of hydrogen-bond donors (Lipinski definition) is 3. The van der Waals surface area contributed by atoms with Gasteiger partial charge in [-0.3, -0.25) is 0 Å². The Morgan fingerprint density at radius 1 is 1.44 bits per heavy atom. The van der Waals surface area contributed by atoms with Crippen molar-refractivity contribution in [1.82, 2.24) is 9.97 Å². The fourth-order valence-electron chi connectivity index (χ4n) is 1.61. The molecule has 1 aromatic heterocycles. The number of aromatic nitrogens is 2. The average molecular weight is 252 g/mol. The van der Waals surface area contributed by atoms with E-state index in [0.29, 0.717) is 12.0 Å². The zero-order chi connectivity index (χ0) is 13.4. The van der Waals surface area contributed by atoms with Gasteiger partial charge in [0.25, 0.3) is 0 Å². The third-order valence-corrected chi connectivity index (χ3v) is 2.68. The van der Waals surface area contributed by atoms with E-state index in [4.69, 9.17) is 5.11 Å². The van der Waals surface area contributed by atoms with Gasteiger partial charge >= 0.3 is 0 Å². The number of nitrogens with zero attached hydrogens (tertiary/aromatic N) is 2. The van der Waals surface area contributed by atoms with E-state index >= 15 is 0 Å². The summed E-state index contributed by atoms with van der Waals surface area (Å²) in [7, 11) is 0. The highest BCUT2D eigenvalue weighted by atomic mass is 16.2. The van der Waals surface area contributed by atoms with E-state index < -0.39 is 0 Å². The van der Waals surface area contributed by atoms with Crippen LogP contribution in [0.5, 0.6) is 0 Å². The summed E-state index contributed by atoms with van der Waals surface area (Å²) in [5.41, 5.74) is 1.04. The van der Waals surface area contributed by atoms with Crippen LogP contribution < -0.4 is 10.6 Å². The van der Waals surface area contributed by atoms with E-state index in [2.05, 4.69) is 34.4 Å². The quantitative estimate of drug-likeness (QED) is 0.661. The maximum Gasteiger partial charge on any atom is 0.224 e. The van der Waals surface area contributed by atoms with Crippen LogP contribution in [0.2, 0.25) is 0 Å². The predicted octanol–water partition coefficient (Wildman–Crippen LogP) is 2.18. The SMILES string of the molecule is CCCNc1ncc(C)c(NC(C)CCCO)n1. The topological polar surface area (TPSA) is 70.1 Å². The van der Waals surface area contributed by atoms with Gasteiger partial charge in [0.1, 0.15) is 5.82 Å². The first-order valence-electron chi connectivity index (χ1n) is 6.62. The molecule has 1 heterocycles. The van der Waals surface area contributed by atoms with Gasteiger partial charge in [0.2, 0.25) is 5.95 Å². The van der Waals surface area contributed by atoms with Gasteiger partial charge in [-0.15, -0.1) is 0 Å². The highest BCUT2D eigenvalue weighted by Crippen LogP contribution is 2.15. The van der Waals surface area contributed by atoms with Crippen LogP contribution in [0.3, 0.4) is 0 Å². The van der Waals surface area contributed by atoms with Crippen LogP contribution in [-0.2, 0) is 0 Å². The fraction of sp³-hybridized carbons (Fsp3) is 0.692. The molecule has 5 heteroatoms. The molecule has 0 fully saturated rings. The average Bonchev–Trinajstić information content (AvgIpc) is 2.37. The zero-order valence-corrected chi connectivity index (χ0v) is 11.5. The van der Waals surface area contributed by atoms with Crippen LogP contribution in [0.4, 0.5) is 11.8 Å². The van der Waals surface area contributed by atoms with Gasteiger partial charge in [-0.05, 0) is 33.1 Å². The van der Waals surface area contributed by atoms with Crippen molar-refractivity contribution in [2.45, 2.75) is 46.1 Å². The molecule has 0 spiro atoms. The molecule has 0 aliphatic carbocycles. The van der Waals surface area contributed by atoms with Gasteiger partial charge < -0.3 is 15.7 Å². The van der Waals surface area contributed by atoms with Crippen molar-refractivity contribution in [1.29, 1.82) is 0 Å². The number of rotatable bonds is 8. The molecule has 102 valence electrons. The lowest BCUT2D eigenvalue weighted by Gasteiger charge is -2.16. The molecule has 1 unspecified atom stereocenters. The van der Waals surface area contributed by atoms with Crippen LogP contribution in [0.25, 0.3) is 0 Å². The van der Waals surface area contributed by atoms with Gasteiger partial charge in [0.15, 0.2) is 0 Å². The summed E-state index contributed by atoms with van der Waals surface area (Å²) in [5, 5.41) is 15.3. The number of aryl methyl sites for hydroxylation is 1. The van der Waals surface area contributed by atoms with E-state index in [-0.39, 0.29) is 6.61 Å². The summed E-state index contributed by atoms with van der Waals surface area (Å²) < 4.78 is 0. The summed E-state index contributed by atoms with van der Waals surface area (Å²) in [6, 6.07) is 0.296. The Balaban J connectivity index is 2.62. The van der Waals surface area contributed by atoms with E-state index in [0.717, 1.165) is 37.2 Å². The monoisotopic (exact) mass is 252 g/mol. The zero-order valence-electron chi connectivity index (χ0n) is 11.5. The second kappa shape index (κ2) is 7.87.